The average molecular weight is 396 g/mol. The first-order valence-corrected chi connectivity index (χ1v) is 11.6. The Hall–Kier alpha value is -1.65. The number of benzene rings is 1. The van der Waals surface area contributed by atoms with Crippen molar-refractivity contribution in [3.63, 3.8) is 0 Å². The molecule has 3 aliphatic rings. The summed E-state index contributed by atoms with van der Waals surface area (Å²) < 4.78 is 0. The summed E-state index contributed by atoms with van der Waals surface area (Å²) in [6, 6.07) is 11.9. The van der Waals surface area contributed by atoms with Gasteiger partial charge in [0.1, 0.15) is 0 Å². The van der Waals surface area contributed by atoms with Crippen LogP contribution in [0.4, 0.5) is 0 Å². The Morgan fingerprint density at radius 2 is 1.76 bits per heavy atom. The molecule has 2 fully saturated rings. The highest BCUT2D eigenvalue weighted by molar-refractivity contribution is 5.80. The summed E-state index contributed by atoms with van der Waals surface area (Å²) >= 11 is 0. The Morgan fingerprint density at radius 1 is 1.00 bits per heavy atom. The van der Waals surface area contributed by atoms with Crippen LogP contribution in [0.15, 0.2) is 36.4 Å². The number of amides is 1. The lowest BCUT2D eigenvalue weighted by Gasteiger charge is -2.43. The van der Waals surface area contributed by atoms with Crippen molar-refractivity contribution in [2.75, 3.05) is 39.3 Å². The van der Waals surface area contributed by atoms with Crippen molar-refractivity contribution < 1.29 is 4.79 Å². The molecule has 4 nitrogen and oxygen atoms in total. The van der Waals surface area contributed by atoms with Crippen molar-refractivity contribution in [3.05, 3.63) is 42.0 Å². The van der Waals surface area contributed by atoms with Gasteiger partial charge in [-0.15, -0.1) is 0 Å². The van der Waals surface area contributed by atoms with Gasteiger partial charge in [0.25, 0.3) is 0 Å². The van der Waals surface area contributed by atoms with Gasteiger partial charge in [-0.25, -0.2) is 0 Å². The van der Waals surface area contributed by atoms with Gasteiger partial charge >= 0.3 is 0 Å². The molecule has 1 aromatic rings. The lowest BCUT2D eigenvalue weighted by molar-refractivity contribution is -0.137. The molecular weight excluding hydrogens is 358 g/mol. The summed E-state index contributed by atoms with van der Waals surface area (Å²) in [5.41, 5.74) is 2.69. The molecule has 0 radical (unpaired) electrons. The van der Waals surface area contributed by atoms with E-state index in [0.717, 1.165) is 32.5 Å². The maximum Gasteiger partial charge on any atom is 0.227 e. The molecule has 1 aromatic carbocycles. The van der Waals surface area contributed by atoms with Crippen molar-refractivity contribution in [3.8, 4) is 0 Å². The fourth-order valence-electron chi connectivity index (χ4n) is 5.35. The fourth-order valence-corrected chi connectivity index (χ4v) is 5.35. The fraction of sp³-hybridized carbons (Fsp3) is 0.640. The number of piperidine rings is 2. The molecular formula is C25H37N3O. The minimum atomic E-state index is 0.193. The standard InChI is InChI=1S/C25H37N3O/c1-20(2)26-17-12-24(13-18-26)28-14-6-9-23(19-28)25(29)27-15-10-22(11-16-27)21-7-4-3-5-8-21/h3-5,7-8,10,20,23-24H,6,9,11-19H2,1-2H3/t23-/m1/s1. The van der Waals surface area contributed by atoms with Gasteiger partial charge in [-0.2, -0.15) is 0 Å². The summed E-state index contributed by atoms with van der Waals surface area (Å²) in [4.78, 5) is 20.6. The van der Waals surface area contributed by atoms with Gasteiger partial charge in [-0.05, 0) is 76.7 Å². The second-order valence-corrected chi connectivity index (χ2v) is 9.32. The zero-order valence-electron chi connectivity index (χ0n) is 18.2. The molecule has 0 aliphatic carbocycles. The Labute approximate surface area is 176 Å². The van der Waals surface area contributed by atoms with Gasteiger partial charge in [0.15, 0.2) is 0 Å². The van der Waals surface area contributed by atoms with Gasteiger partial charge in [0.2, 0.25) is 5.91 Å². The van der Waals surface area contributed by atoms with Gasteiger partial charge < -0.3 is 9.80 Å². The van der Waals surface area contributed by atoms with Crippen LogP contribution in [-0.2, 0) is 4.79 Å². The molecule has 0 aromatic heterocycles. The number of nitrogens with zero attached hydrogens (tertiary/aromatic N) is 3. The third-order valence-corrected chi connectivity index (χ3v) is 7.21. The molecule has 0 bridgehead atoms. The molecule has 4 heteroatoms. The third-order valence-electron chi connectivity index (χ3n) is 7.21. The summed E-state index contributed by atoms with van der Waals surface area (Å²) in [6.45, 7) is 10.8. The van der Waals surface area contributed by atoms with Crippen LogP contribution in [0, 0.1) is 5.92 Å². The molecule has 29 heavy (non-hydrogen) atoms. The highest BCUT2D eigenvalue weighted by Crippen LogP contribution is 2.28. The second kappa shape index (κ2) is 9.44. The van der Waals surface area contributed by atoms with E-state index >= 15 is 0 Å². The van der Waals surface area contributed by atoms with Gasteiger partial charge in [0.05, 0.1) is 5.92 Å². The Morgan fingerprint density at radius 3 is 2.41 bits per heavy atom. The van der Waals surface area contributed by atoms with Crippen LogP contribution in [0.2, 0.25) is 0 Å². The first kappa shape index (κ1) is 20.6. The van der Waals surface area contributed by atoms with E-state index in [1.807, 2.05) is 0 Å². The van der Waals surface area contributed by atoms with E-state index in [1.165, 1.54) is 50.0 Å². The lowest BCUT2D eigenvalue weighted by atomic mass is 9.91. The molecule has 3 aliphatic heterocycles. The molecule has 4 rings (SSSR count). The number of carbonyl (C=O) groups is 1. The van der Waals surface area contributed by atoms with Crippen LogP contribution in [0.1, 0.15) is 51.5 Å². The second-order valence-electron chi connectivity index (χ2n) is 9.32. The molecule has 0 unspecified atom stereocenters. The Balaban J connectivity index is 1.31. The average Bonchev–Trinajstić information content (AvgIpc) is 2.79. The SMILES string of the molecule is CC(C)N1CCC(N2CCC[C@@H](C(=O)N3CC=C(c4ccccc4)CC3)C2)CC1. The van der Waals surface area contributed by atoms with Crippen LogP contribution in [0.25, 0.3) is 5.57 Å². The summed E-state index contributed by atoms with van der Waals surface area (Å²) in [5.74, 6) is 0.580. The van der Waals surface area contributed by atoms with Crippen LogP contribution in [0.5, 0.6) is 0 Å². The van der Waals surface area contributed by atoms with E-state index in [2.05, 4.69) is 65.0 Å². The summed E-state index contributed by atoms with van der Waals surface area (Å²) in [6.07, 6.45) is 7.97. The minimum Gasteiger partial charge on any atom is -0.338 e. The third kappa shape index (κ3) is 4.92. The zero-order valence-corrected chi connectivity index (χ0v) is 18.2. The van der Waals surface area contributed by atoms with Crippen LogP contribution < -0.4 is 0 Å². The monoisotopic (exact) mass is 395 g/mol. The van der Waals surface area contributed by atoms with E-state index in [-0.39, 0.29) is 5.92 Å². The molecule has 0 saturated carbocycles. The van der Waals surface area contributed by atoms with Gasteiger partial charge in [-0.3, -0.25) is 9.69 Å². The van der Waals surface area contributed by atoms with Crippen LogP contribution in [-0.4, -0.2) is 72.0 Å². The number of likely N-dealkylation sites (tertiary alicyclic amines) is 2. The lowest BCUT2D eigenvalue weighted by Crippen LogP contribution is -2.52. The zero-order chi connectivity index (χ0) is 20.2. The van der Waals surface area contributed by atoms with Crippen molar-refractivity contribution in [1.29, 1.82) is 0 Å². The van der Waals surface area contributed by atoms with Crippen LogP contribution in [0.3, 0.4) is 0 Å². The van der Waals surface area contributed by atoms with E-state index in [9.17, 15) is 4.79 Å². The van der Waals surface area contributed by atoms with Gasteiger partial charge in [0, 0.05) is 31.7 Å². The van der Waals surface area contributed by atoms with Crippen molar-refractivity contribution in [2.45, 2.75) is 58.0 Å². The molecule has 1 amide bonds. The van der Waals surface area contributed by atoms with E-state index < -0.39 is 0 Å². The van der Waals surface area contributed by atoms with Crippen LogP contribution >= 0.6 is 0 Å². The largest absolute Gasteiger partial charge is 0.338 e. The van der Waals surface area contributed by atoms with Crippen molar-refractivity contribution in [2.24, 2.45) is 5.92 Å². The maximum absolute atomic E-state index is 13.2. The normalized spacial score (nSPS) is 25.3. The summed E-state index contributed by atoms with van der Waals surface area (Å²) in [7, 11) is 0. The van der Waals surface area contributed by atoms with Crippen molar-refractivity contribution >= 4 is 11.5 Å². The predicted molar refractivity (Wildman–Crippen MR) is 120 cm³/mol. The highest BCUT2D eigenvalue weighted by Gasteiger charge is 2.34. The van der Waals surface area contributed by atoms with E-state index in [4.69, 9.17) is 0 Å². The molecule has 1 atom stereocenters. The maximum atomic E-state index is 13.2. The van der Waals surface area contributed by atoms with E-state index in [1.54, 1.807) is 0 Å². The summed E-state index contributed by atoms with van der Waals surface area (Å²) in [5, 5.41) is 0. The number of carbonyl (C=O) groups excluding carboxylic acids is 1. The quantitative estimate of drug-likeness (QED) is 0.774. The first-order valence-electron chi connectivity index (χ1n) is 11.6. The Bertz CT molecular complexity index is 706. The van der Waals surface area contributed by atoms with Crippen molar-refractivity contribution in [1.82, 2.24) is 14.7 Å². The number of rotatable bonds is 4. The molecule has 2 saturated heterocycles. The van der Waals surface area contributed by atoms with Gasteiger partial charge in [-0.1, -0.05) is 36.4 Å². The highest BCUT2D eigenvalue weighted by atomic mass is 16.2. The Kier molecular flexibility index (Phi) is 6.71. The molecule has 0 spiro atoms. The number of hydrogen-bond acceptors (Lipinski definition) is 3. The molecule has 158 valence electrons. The minimum absolute atomic E-state index is 0.193. The predicted octanol–water partition coefficient (Wildman–Crippen LogP) is 3.89. The molecule has 3 heterocycles. The first-order chi connectivity index (χ1) is 14.1. The smallest absolute Gasteiger partial charge is 0.227 e. The number of hydrogen-bond donors (Lipinski definition) is 0. The molecule has 0 N–H and O–H groups in total. The van der Waals surface area contributed by atoms with E-state index in [0.29, 0.717) is 18.0 Å². The topological polar surface area (TPSA) is 26.8 Å².